The van der Waals surface area contributed by atoms with Crippen molar-refractivity contribution in [3.63, 3.8) is 0 Å². The number of unbranched alkanes of at least 4 members (excludes halogenated alkanes) is 15. The van der Waals surface area contributed by atoms with Crippen molar-refractivity contribution in [2.75, 3.05) is 0 Å². The molecule has 0 saturated heterocycles. The monoisotopic (exact) mass is 594 g/mol. The fourth-order valence-electron chi connectivity index (χ4n) is 5.60. The third kappa shape index (κ3) is 14.1. The molecule has 0 aliphatic carbocycles. The maximum absolute atomic E-state index is 12.0. The molecule has 0 spiro atoms. The number of rotatable bonds is 23. The molecule has 3 N–H and O–H groups in total. The van der Waals surface area contributed by atoms with Gasteiger partial charge in [-0.1, -0.05) is 0 Å². The van der Waals surface area contributed by atoms with Crippen molar-refractivity contribution in [2.24, 2.45) is 5.84 Å². The van der Waals surface area contributed by atoms with Gasteiger partial charge in [-0.2, -0.15) is 0 Å². The van der Waals surface area contributed by atoms with Crippen LogP contribution in [0.2, 0.25) is 13.3 Å². The Labute approximate surface area is 222 Å². The number of benzene rings is 1. The van der Waals surface area contributed by atoms with Crippen LogP contribution < -0.4 is 14.8 Å². The maximum atomic E-state index is 12.0. The molecule has 35 heavy (non-hydrogen) atoms. The number of hydrazine groups is 1. The molecule has 0 heterocycles. The van der Waals surface area contributed by atoms with Crippen molar-refractivity contribution in [3.05, 3.63) is 29.8 Å². The zero-order chi connectivity index (χ0) is 25.6. The van der Waals surface area contributed by atoms with E-state index in [0.29, 0.717) is 5.56 Å². The van der Waals surface area contributed by atoms with Crippen LogP contribution in [0.25, 0.3) is 0 Å². The van der Waals surface area contributed by atoms with Crippen LogP contribution in [0.4, 0.5) is 0 Å². The number of nitrogens with two attached hydrogens (primary N) is 1. The molecule has 1 rings (SSSR count). The van der Waals surface area contributed by atoms with E-state index in [-0.39, 0.29) is 5.91 Å². The third-order valence-corrected chi connectivity index (χ3v) is 23.6. The fraction of sp³-hybridized carbons (Fsp3) is 0.774. The molecule has 1 amide bonds. The van der Waals surface area contributed by atoms with E-state index in [4.69, 9.17) is 5.84 Å². The van der Waals surface area contributed by atoms with Crippen molar-refractivity contribution >= 4 is 27.9 Å². The van der Waals surface area contributed by atoms with Crippen molar-refractivity contribution in [1.29, 1.82) is 0 Å². The molecular weight excluding hydrogens is 535 g/mol. The Kier molecular flexibility index (Phi) is 20.0. The van der Waals surface area contributed by atoms with Gasteiger partial charge in [0.1, 0.15) is 0 Å². The van der Waals surface area contributed by atoms with E-state index in [2.05, 4.69) is 38.3 Å². The Morgan fingerprint density at radius 3 is 1.29 bits per heavy atom. The van der Waals surface area contributed by atoms with Gasteiger partial charge in [0.25, 0.3) is 0 Å². The summed E-state index contributed by atoms with van der Waals surface area (Å²) in [6.45, 7) is 6.91. The second kappa shape index (κ2) is 21.5. The van der Waals surface area contributed by atoms with Crippen LogP contribution in [0.3, 0.4) is 0 Å². The second-order valence-corrected chi connectivity index (χ2v) is 24.1. The summed E-state index contributed by atoms with van der Waals surface area (Å²) in [7, 11) is 0. The SMILES string of the molecule is CCCCCCC[CH2][Sn]([CH2]CCCCCCC)([CH2]CCCCCCC)[c]1ccc(C(=O)NN)cc1. The summed E-state index contributed by atoms with van der Waals surface area (Å²) in [4.78, 5) is 12.0. The molecule has 0 aliphatic rings. The summed E-state index contributed by atoms with van der Waals surface area (Å²) < 4.78 is 6.14. The van der Waals surface area contributed by atoms with Gasteiger partial charge in [-0.25, -0.2) is 0 Å². The minimum atomic E-state index is -2.56. The van der Waals surface area contributed by atoms with Gasteiger partial charge in [-0.3, -0.25) is 0 Å². The minimum absolute atomic E-state index is 0.180. The molecule has 1 aromatic rings. The molecule has 0 aliphatic heterocycles. The van der Waals surface area contributed by atoms with Gasteiger partial charge in [0, 0.05) is 0 Å². The van der Waals surface area contributed by atoms with Gasteiger partial charge < -0.3 is 0 Å². The molecular formula is C31H58N2OSn. The van der Waals surface area contributed by atoms with Gasteiger partial charge in [0.05, 0.1) is 0 Å². The number of nitrogens with one attached hydrogen (secondary N) is 1. The van der Waals surface area contributed by atoms with Gasteiger partial charge in [-0.05, 0) is 0 Å². The van der Waals surface area contributed by atoms with Crippen LogP contribution in [-0.2, 0) is 0 Å². The molecule has 4 heteroatoms. The Hall–Kier alpha value is -0.551. The number of carbonyl (C=O) groups excluding carboxylic acids is 1. The van der Waals surface area contributed by atoms with Gasteiger partial charge in [-0.15, -0.1) is 0 Å². The van der Waals surface area contributed by atoms with Crippen LogP contribution in [0.5, 0.6) is 0 Å². The fourth-order valence-corrected chi connectivity index (χ4v) is 20.6. The van der Waals surface area contributed by atoms with E-state index < -0.39 is 18.4 Å². The average molecular weight is 594 g/mol. The molecule has 1 aromatic carbocycles. The quantitative estimate of drug-likeness (QED) is 0.0438. The first-order valence-electron chi connectivity index (χ1n) is 15.2. The average Bonchev–Trinajstić information content (AvgIpc) is 2.89. The van der Waals surface area contributed by atoms with E-state index in [1.165, 1.54) is 129 Å². The summed E-state index contributed by atoms with van der Waals surface area (Å²) in [6.07, 6.45) is 25.0. The van der Waals surface area contributed by atoms with Crippen LogP contribution in [0.1, 0.15) is 147 Å². The molecule has 0 aromatic heterocycles. The van der Waals surface area contributed by atoms with Crippen molar-refractivity contribution in [2.45, 2.75) is 150 Å². The van der Waals surface area contributed by atoms with Gasteiger partial charge >= 0.3 is 223 Å². The van der Waals surface area contributed by atoms with E-state index in [1.807, 2.05) is 12.1 Å². The first-order valence-corrected chi connectivity index (χ1v) is 22.7. The van der Waals surface area contributed by atoms with Crippen LogP contribution >= 0.6 is 0 Å². The Morgan fingerprint density at radius 1 is 0.600 bits per heavy atom. The van der Waals surface area contributed by atoms with E-state index in [9.17, 15) is 4.79 Å². The van der Waals surface area contributed by atoms with E-state index in [1.54, 1.807) is 3.58 Å². The van der Waals surface area contributed by atoms with Gasteiger partial charge in [0.15, 0.2) is 0 Å². The second-order valence-electron chi connectivity index (χ2n) is 10.9. The molecule has 0 saturated carbocycles. The third-order valence-electron chi connectivity index (χ3n) is 7.92. The summed E-state index contributed by atoms with van der Waals surface area (Å²) in [6, 6.07) is 8.72. The number of amides is 1. The summed E-state index contributed by atoms with van der Waals surface area (Å²) >= 11 is -2.56. The predicted octanol–water partition coefficient (Wildman–Crippen LogP) is 9.03. The van der Waals surface area contributed by atoms with Crippen LogP contribution in [-0.4, -0.2) is 24.3 Å². The molecule has 0 atom stereocenters. The van der Waals surface area contributed by atoms with E-state index >= 15 is 0 Å². The Bertz CT molecular complexity index is 591. The first-order chi connectivity index (χ1) is 17.1. The van der Waals surface area contributed by atoms with Crippen LogP contribution in [0, 0.1) is 0 Å². The molecule has 202 valence electrons. The summed E-state index contributed by atoms with van der Waals surface area (Å²) in [5.74, 6) is 5.21. The van der Waals surface area contributed by atoms with Gasteiger partial charge in [0.2, 0.25) is 0 Å². The number of hydrogen-bond acceptors (Lipinski definition) is 2. The number of hydrogen-bond donors (Lipinski definition) is 2. The van der Waals surface area contributed by atoms with Crippen LogP contribution in [0.15, 0.2) is 24.3 Å². The summed E-state index contributed by atoms with van der Waals surface area (Å²) in [5.41, 5.74) is 2.98. The molecule has 0 radical (unpaired) electrons. The Morgan fingerprint density at radius 2 is 0.943 bits per heavy atom. The summed E-state index contributed by atoms with van der Waals surface area (Å²) in [5, 5.41) is 0. The number of nitrogen functional groups attached to an aromatic ring is 1. The number of carbonyl (C=O) groups is 1. The zero-order valence-corrected chi connectivity index (χ0v) is 26.5. The van der Waals surface area contributed by atoms with E-state index in [0.717, 1.165) is 0 Å². The normalized spacial score (nSPS) is 11.7. The Balaban J connectivity index is 2.95. The molecule has 0 fully saturated rings. The first kappa shape index (κ1) is 32.5. The predicted molar refractivity (Wildman–Crippen MR) is 158 cm³/mol. The standard InChI is InChI=1S/3C8H17.C7H7N2O.Sn/c3*1-3-5-7-8-6-4-2;8-9-7(10)6-4-2-1-3-5-6;/h3*1,3-8H2,2H3;2-5H,8H2,(H,9,10);. The molecule has 0 unspecified atom stereocenters. The van der Waals surface area contributed by atoms with Crippen molar-refractivity contribution in [3.8, 4) is 0 Å². The zero-order valence-electron chi connectivity index (χ0n) is 23.6. The molecule has 3 nitrogen and oxygen atoms in total. The van der Waals surface area contributed by atoms with Crippen molar-refractivity contribution < 1.29 is 4.79 Å². The molecule has 0 bridgehead atoms. The van der Waals surface area contributed by atoms with Crippen molar-refractivity contribution in [1.82, 2.24) is 5.43 Å². The topological polar surface area (TPSA) is 55.1 Å².